The third kappa shape index (κ3) is 1.57. The summed E-state index contributed by atoms with van der Waals surface area (Å²) in [5.74, 6) is 0.596. The minimum atomic E-state index is -0.00903. The topological polar surface area (TPSA) is 9.23 Å². The zero-order chi connectivity index (χ0) is 10.2. The highest BCUT2D eigenvalue weighted by Gasteiger charge is 2.34. The Morgan fingerprint density at radius 1 is 1.36 bits per heavy atom. The van der Waals surface area contributed by atoms with Crippen molar-refractivity contribution in [3.63, 3.8) is 0 Å². The second kappa shape index (κ2) is 3.39. The number of hydrogen-bond donors (Lipinski definition) is 0. The molecule has 1 fully saturated rings. The van der Waals surface area contributed by atoms with Crippen LogP contribution in [-0.4, -0.2) is 6.61 Å². The van der Waals surface area contributed by atoms with Crippen LogP contribution in [0.3, 0.4) is 0 Å². The zero-order valence-electron chi connectivity index (χ0n) is 9.21. The number of hydrogen-bond acceptors (Lipinski definition) is 1. The van der Waals surface area contributed by atoms with Crippen molar-refractivity contribution in [2.24, 2.45) is 0 Å². The zero-order valence-corrected chi connectivity index (χ0v) is 9.21. The van der Waals surface area contributed by atoms with Gasteiger partial charge < -0.3 is 4.74 Å². The van der Waals surface area contributed by atoms with E-state index in [2.05, 4.69) is 45.0 Å². The van der Waals surface area contributed by atoms with Crippen LogP contribution in [0.2, 0.25) is 0 Å². The molecule has 1 heterocycles. The molecule has 14 heavy (non-hydrogen) atoms. The van der Waals surface area contributed by atoms with Crippen molar-refractivity contribution in [1.29, 1.82) is 0 Å². The van der Waals surface area contributed by atoms with Gasteiger partial charge >= 0.3 is 0 Å². The number of rotatable bonds is 2. The highest BCUT2D eigenvalue weighted by Crippen LogP contribution is 2.37. The molecule has 0 aromatic heterocycles. The van der Waals surface area contributed by atoms with Crippen molar-refractivity contribution >= 4 is 0 Å². The Bertz CT molecular complexity index is 324. The first-order valence-corrected chi connectivity index (χ1v) is 5.36. The molecule has 1 aromatic rings. The van der Waals surface area contributed by atoms with E-state index in [0.717, 1.165) is 13.0 Å². The van der Waals surface area contributed by atoms with E-state index in [1.165, 1.54) is 11.1 Å². The summed E-state index contributed by atoms with van der Waals surface area (Å²) in [7, 11) is 0. The molecule has 1 aliphatic heterocycles. The Morgan fingerprint density at radius 3 is 2.57 bits per heavy atom. The molecule has 76 valence electrons. The molecule has 1 unspecified atom stereocenters. The van der Waals surface area contributed by atoms with Crippen LogP contribution in [0.4, 0.5) is 0 Å². The predicted molar refractivity (Wildman–Crippen MR) is 58.5 cm³/mol. The molecule has 0 amide bonds. The van der Waals surface area contributed by atoms with E-state index in [4.69, 9.17) is 4.74 Å². The van der Waals surface area contributed by atoms with Crippen molar-refractivity contribution in [3.8, 4) is 0 Å². The maximum Gasteiger partial charge on any atom is 0.0925 e. The van der Waals surface area contributed by atoms with Gasteiger partial charge in [0.1, 0.15) is 0 Å². The standard InChI is InChI=1S/C13H18O/c1-10(2)11-5-4-6-12(9-11)13(3)7-8-14-13/h4-6,9-10H,7-8H2,1-3H3. The summed E-state index contributed by atoms with van der Waals surface area (Å²) in [6, 6.07) is 8.78. The van der Waals surface area contributed by atoms with Crippen LogP contribution in [-0.2, 0) is 10.3 Å². The summed E-state index contributed by atoms with van der Waals surface area (Å²) in [6.07, 6.45) is 1.15. The molecule has 0 spiro atoms. The summed E-state index contributed by atoms with van der Waals surface area (Å²) >= 11 is 0. The van der Waals surface area contributed by atoms with Crippen molar-refractivity contribution in [2.75, 3.05) is 6.61 Å². The Morgan fingerprint density at radius 2 is 2.07 bits per heavy atom. The van der Waals surface area contributed by atoms with Gasteiger partial charge in [0.15, 0.2) is 0 Å². The minimum absolute atomic E-state index is 0.00903. The van der Waals surface area contributed by atoms with Gasteiger partial charge in [-0.2, -0.15) is 0 Å². The van der Waals surface area contributed by atoms with Crippen molar-refractivity contribution in [2.45, 2.75) is 38.7 Å². The van der Waals surface area contributed by atoms with Crippen LogP contribution in [0.5, 0.6) is 0 Å². The summed E-state index contributed by atoms with van der Waals surface area (Å²) in [5.41, 5.74) is 2.72. The lowest BCUT2D eigenvalue weighted by Gasteiger charge is -2.39. The van der Waals surface area contributed by atoms with Gasteiger partial charge in [-0.25, -0.2) is 0 Å². The van der Waals surface area contributed by atoms with Gasteiger partial charge in [-0.1, -0.05) is 38.1 Å². The van der Waals surface area contributed by atoms with E-state index in [0.29, 0.717) is 5.92 Å². The Balaban J connectivity index is 2.30. The molecule has 1 aliphatic rings. The summed E-state index contributed by atoms with van der Waals surface area (Å²) in [4.78, 5) is 0. The molecule has 0 saturated carbocycles. The molecular weight excluding hydrogens is 172 g/mol. The van der Waals surface area contributed by atoms with Gasteiger partial charge in [-0.3, -0.25) is 0 Å². The Labute approximate surface area is 86.1 Å². The summed E-state index contributed by atoms with van der Waals surface area (Å²) in [6.45, 7) is 7.53. The lowest BCUT2D eigenvalue weighted by Crippen LogP contribution is -2.37. The average molecular weight is 190 g/mol. The molecule has 2 rings (SSSR count). The fraction of sp³-hybridized carbons (Fsp3) is 0.538. The predicted octanol–water partition coefficient (Wildman–Crippen LogP) is 3.45. The second-order valence-corrected chi connectivity index (χ2v) is 4.61. The van der Waals surface area contributed by atoms with Gasteiger partial charge in [-0.15, -0.1) is 0 Å². The lowest BCUT2D eigenvalue weighted by atomic mass is 9.86. The first-order valence-electron chi connectivity index (χ1n) is 5.36. The fourth-order valence-corrected chi connectivity index (χ4v) is 1.86. The average Bonchev–Trinajstić information content (AvgIpc) is 2.14. The quantitative estimate of drug-likeness (QED) is 0.694. The smallest absolute Gasteiger partial charge is 0.0925 e. The number of benzene rings is 1. The second-order valence-electron chi connectivity index (χ2n) is 4.61. The van der Waals surface area contributed by atoms with Crippen LogP contribution >= 0.6 is 0 Å². The van der Waals surface area contributed by atoms with Crippen molar-refractivity contribution in [1.82, 2.24) is 0 Å². The van der Waals surface area contributed by atoms with E-state index < -0.39 is 0 Å². The monoisotopic (exact) mass is 190 g/mol. The SMILES string of the molecule is CC(C)c1cccc(C2(C)CCO2)c1. The van der Waals surface area contributed by atoms with Gasteiger partial charge in [-0.05, 0) is 24.0 Å². The van der Waals surface area contributed by atoms with Crippen LogP contribution in [0.15, 0.2) is 24.3 Å². The first kappa shape index (κ1) is 9.72. The molecule has 1 nitrogen and oxygen atoms in total. The molecule has 1 heteroatoms. The third-order valence-corrected chi connectivity index (χ3v) is 3.16. The highest BCUT2D eigenvalue weighted by atomic mass is 16.5. The molecule has 0 radical (unpaired) electrons. The lowest BCUT2D eigenvalue weighted by molar-refractivity contribution is -0.140. The molecule has 1 aromatic carbocycles. The van der Waals surface area contributed by atoms with E-state index >= 15 is 0 Å². The van der Waals surface area contributed by atoms with Crippen LogP contribution in [0, 0.1) is 0 Å². The molecule has 1 saturated heterocycles. The fourth-order valence-electron chi connectivity index (χ4n) is 1.86. The maximum absolute atomic E-state index is 5.64. The minimum Gasteiger partial charge on any atom is -0.370 e. The number of ether oxygens (including phenoxy) is 1. The third-order valence-electron chi connectivity index (χ3n) is 3.16. The van der Waals surface area contributed by atoms with Crippen molar-refractivity contribution < 1.29 is 4.74 Å². The molecule has 1 atom stereocenters. The molecule has 0 aliphatic carbocycles. The Hall–Kier alpha value is -0.820. The Kier molecular flexibility index (Phi) is 2.36. The highest BCUT2D eigenvalue weighted by molar-refractivity contribution is 5.30. The van der Waals surface area contributed by atoms with Gasteiger partial charge in [0.25, 0.3) is 0 Å². The summed E-state index contributed by atoms with van der Waals surface area (Å²) < 4.78 is 5.64. The van der Waals surface area contributed by atoms with Crippen molar-refractivity contribution in [3.05, 3.63) is 35.4 Å². The first-order chi connectivity index (χ1) is 6.62. The van der Waals surface area contributed by atoms with E-state index in [9.17, 15) is 0 Å². The molecule has 0 N–H and O–H groups in total. The van der Waals surface area contributed by atoms with E-state index in [1.807, 2.05) is 0 Å². The normalized spacial score (nSPS) is 26.3. The largest absolute Gasteiger partial charge is 0.370 e. The van der Waals surface area contributed by atoms with Crippen LogP contribution in [0.25, 0.3) is 0 Å². The van der Waals surface area contributed by atoms with E-state index in [-0.39, 0.29) is 5.60 Å². The van der Waals surface area contributed by atoms with Crippen LogP contribution in [0.1, 0.15) is 44.2 Å². The van der Waals surface area contributed by atoms with Gasteiger partial charge in [0.2, 0.25) is 0 Å². The van der Waals surface area contributed by atoms with Gasteiger partial charge in [0.05, 0.1) is 12.2 Å². The van der Waals surface area contributed by atoms with Crippen LogP contribution < -0.4 is 0 Å². The van der Waals surface area contributed by atoms with E-state index in [1.54, 1.807) is 0 Å². The molecular formula is C13H18O. The van der Waals surface area contributed by atoms with Gasteiger partial charge in [0, 0.05) is 6.42 Å². The summed E-state index contributed by atoms with van der Waals surface area (Å²) in [5, 5.41) is 0. The maximum atomic E-state index is 5.64. The molecule has 0 bridgehead atoms.